The first-order chi connectivity index (χ1) is 9.47. The highest BCUT2D eigenvalue weighted by atomic mass is 32.2. The molecule has 0 spiro atoms. The number of rotatable bonds is 6. The van der Waals surface area contributed by atoms with Gasteiger partial charge in [-0.05, 0) is 19.1 Å². The number of sulfonamides is 1. The Morgan fingerprint density at radius 2 is 2.25 bits per heavy atom. The summed E-state index contributed by atoms with van der Waals surface area (Å²) in [6, 6.07) is 6.97. The topological polar surface area (TPSA) is 94.3 Å². The number of nitrogen functional groups attached to an aromatic ring is 1. The van der Waals surface area contributed by atoms with E-state index in [1.54, 1.807) is 31.2 Å². The lowest BCUT2D eigenvalue weighted by molar-refractivity contribution is 0.323. The van der Waals surface area contributed by atoms with Gasteiger partial charge in [-0.2, -0.15) is 0 Å². The molecule has 1 heterocycles. The summed E-state index contributed by atoms with van der Waals surface area (Å²) in [5, 5.41) is 0.710. The predicted molar refractivity (Wildman–Crippen MR) is 78.4 cm³/mol. The number of aromatic nitrogens is 1. The van der Waals surface area contributed by atoms with Gasteiger partial charge in [-0.1, -0.05) is 6.07 Å². The maximum atomic E-state index is 11.9. The molecule has 108 valence electrons. The number of nitrogens with two attached hydrogens (primary N) is 1. The SMILES string of the molecule is Cc1ncc(S(=O)(=O)NCCOc2cccc(N)c2)s1. The molecule has 0 radical (unpaired) electrons. The van der Waals surface area contributed by atoms with Crippen LogP contribution in [0.1, 0.15) is 5.01 Å². The summed E-state index contributed by atoms with van der Waals surface area (Å²) in [7, 11) is -3.50. The zero-order valence-corrected chi connectivity index (χ0v) is 12.5. The van der Waals surface area contributed by atoms with E-state index in [1.165, 1.54) is 6.20 Å². The van der Waals surface area contributed by atoms with Crippen LogP contribution in [0.5, 0.6) is 5.75 Å². The Bertz CT molecular complexity index is 683. The summed E-state index contributed by atoms with van der Waals surface area (Å²) >= 11 is 1.13. The second-order valence-electron chi connectivity index (χ2n) is 4.02. The van der Waals surface area contributed by atoms with Crippen molar-refractivity contribution in [1.29, 1.82) is 0 Å². The Hall–Kier alpha value is -1.64. The molecular formula is C12H15N3O3S2. The van der Waals surface area contributed by atoms with Crippen LogP contribution in [0.25, 0.3) is 0 Å². The van der Waals surface area contributed by atoms with Crippen molar-refractivity contribution >= 4 is 27.0 Å². The van der Waals surface area contributed by atoms with Gasteiger partial charge in [-0.25, -0.2) is 18.1 Å². The number of nitrogens with zero attached hydrogens (tertiary/aromatic N) is 1. The Kier molecular flexibility index (Phi) is 4.58. The highest BCUT2D eigenvalue weighted by molar-refractivity contribution is 7.91. The highest BCUT2D eigenvalue weighted by Gasteiger charge is 2.16. The minimum Gasteiger partial charge on any atom is -0.492 e. The number of hydrogen-bond donors (Lipinski definition) is 2. The van der Waals surface area contributed by atoms with Gasteiger partial charge in [0.2, 0.25) is 0 Å². The monoisotopic (exact) mass is 313 g/mol. The quantitative estimate of drug-likeness (QED) is 0.621. The Morgan fingerprint density at radius 1 is 1.45 bits per heavy atom. The molecule has 0 amide bonds. The van der Waals surface area contributed by atoms with Crippen LogP contribution < -0.4 is 15.2 Å². The summed E-state index contributed by atoms with van der Waals surface area (Å²) in [6.07, 6.45) is 1.35. The Balaban J connectivity index is 1.84. The van der Waals surface area contributed by atoms with Crippen LogP contribution in [0.4, 0.5) is 5.69 Å². The lowest BCUT2D eigenvalue weighted by Gasteiger charge is -2.07. The van der Waals surface area contributed by atoms with Crippen LogP contribution in [0, 0.1) is 6.92 Å². The first-order valence-electron chi connectivity index (χ1n) is 5.88. The molecule has 1 aromatic carbocycles. The largest absolute Gasteiger partial charge is 0.492 e. The van der Waals surface area contributed by atoms with E-state index in [-0.39, 0.29) is 17.4 Å². The molecule has 2 rings (SSSR count). The van der Waals surface area contributed by atoms with Crippen LogP contribution >= 0.6 is 11.3 Å². The molecular weight excluding hydrogens is 298 g/mol. The third-order valence-electron chi connectivity index (χ3n) is 2.39. The van der Waals surface area contributed by atoms with Crippen molar-refractivity contribution in [2.24, 2.45) is 0 Å². The number of nitrogens with one attached hydrogen (secondary N) is 1. The molecule has 1 aromatic heterocycles. The average Bonchev–Trinajstić information content (AvgIpc) is 2.82. The maximum Gasteiger partial charge on any atom is 0.251 e. The van der Waals surface area contributed by atoms with E-state index in [2.05, 4.69) is 9.71 Å². The molecule has 0 aliphatic carbocycles. The number of ether oxygens (including phenoxy) is 1. The van der Waals surface area contributed by atoms with Crippen molar-refractivity contribution in [2.75, 3.05) is 18.9 Å². The number of hydrogen-bond acceptors (Lipinski definition) is 6. The molecule has 8 heteroatoms. The molecule has 0 bridgehead atoms. The molecule has 0 aliphatic heterocycles. The Morgan fingerprint density at radius 3 is 2.90 bits per heavy atom. The van der Waals surface area contributed by atoms with Gasteiger partial charge < -0.3 is 10.5 Å². The molecule has 0 fully saturated rings. The summed E-state index contributed by atoms with van der Waals surface area (Å²) in [5.41, 5.74) is 6.21. The fraction of sp³-hybridized carbons (Fsp3) is 0.250. The van der Waals surface area contributed by atoms with Crippen LogP contribution in [0.15, 0.2) is 34.7 Å². The highest BCUT2D eigenvalue weighted by Crippen LogP contribution is 2.17. The number of anilines is 1. The normalized spacial score (nSPS) is 11.4. The minimum absolute atomic E-state index is 0.175. The van der Waals surface area contributed by atoms with Gasteiger partial charge in [0.05, 0.1) is 11.2 Å². The minimum atomic E-state index is -3.50. The number of benzene rings is 1. The van der Waals surface area contributed by atoms with Crippen LogP contribution in [0.3, 0.4) is 0 Å². The zero-order chi connectivity index (χ0) is 14.6. The van der Waals surface area contributed by atoms with Gasteiger partial charge in [0.15, 0.2) is 4.21 Å². The van der Waals surface area contributed by atoms with Crippen molar-refractivity contribution in [1.82, 2.24) is 9.71 Å². The molecule has 20 heavy (non-hydrogen) atoms. The average molecular weight is 313 g/mol. The molecule has 0 saturated carbocycles. The summed E-state index contributed by atoms with van der Waals surface area (Å²) in [4.78, 5) is 3.92. The predicted octanol–water partition coefficient (Wildman–Crippen LogP) is 1.39. The summed E-state index contributed by atoms with van der Waals surface area (Å²) in [6.45, 7) is 2.15. The molecule has 3 N–H and O–H groups in total. The van der Waals surface area contributed by atoms with Gasteiger partial charge in [0.1, 0.15) is 12.4 Å². The lowest BCUT2D eigenvalue weighted by atomic mass is 10.3. The van der Waals surface area contributed by atoms with Gasteiger partial charge in [-0.3, -0.25) is 0 Å². The van der Waals surface area contributed by atoms with Crippen molar-refractivity contribution in [3.63, 3.8) is 0 Å². The van der Waals surface area contributed by atoms with Gasteiger partial charge >= 0.3 is 0 Å². The summed E-state index contributed by atoms with van der Waals surface area (Å²) < 4.78 is 31.9. The summed E-state index contributed by atoms with van der Waals surface area (Å²) in [5.74, 6) is 0.609. The zero-order valence-electron chi connectivity index (χ0n) is 10.9. The molecule has 6 nitrogen and oxygen atoms in total. The van der Waals surface area contributed by atoms with Crippen LogP contribution in [-0.4, -0.2) is 26.6 Å². The third kappa shape index (κ3) is 3.92. The van der Waals surface area contributed by atoms with Crippen molar-refractivity contribution in [3.8, 4) is 5.75 Å². The number of aryl methyl sites for hydroxylation is 1. The van der Waals surface area contributed by atoms with E-state index in [0.29, 0.717) is 16.4 Å². The Labute approximate surface area is 121 Å². The van der Waals surface area contributed by atoms with Crippen molar-refractivity contribution in [2.45, 2.75) is 11.1 Å². The van der Waals surface area contributed by atoms with E-state index >= 15 is 0 Å². The smallest absolute Gasteiger partial charge is 0.251 e. The fourth-order valence-corrected chi connectivity index (χ4v) is 3.65. The van der Waals surface area contributed by atoms with Crippen LogP contribution in [0.2, 0.25) is 0 Å². The lowest BCUT2D eigenvalue weighted by Crippen LogP contribution is -2.27. The standard InChI is InChI=1S/C12H15N3O3S2/c1-9-14-8-12(19-9)20(16,17)15-5-6-18-11-4-2-3-10(13)7-11/h2-4,7-8,15H,5-6,13H2,1H3. The molecule has 0 unspecified atom stereocenters. The fourth-order valence-electron chi connectivity index (χ4n) is 1.49. The second kappa shape index (κ2) is 6.21. The maximum absolute atomic E-state index is 11.9. The molecule has 2 aromatic rings. The van der Waals surface area contributed by atoms with Gasteiger partial charge in [-0.15, -0.1) is 11.3 Å². The van der Waals surface area contributed by atoms with Gasteiger partial charge in [0, 0.05) is 18.3 Å². The van der Waals surface area contributed by atoms with Crippen LogP contribution in [-0.2, 0) is 10.0 Å². The van der Waals surface area contributed by atoms with Crippen molar-refractivity contribution in [3.05, 3.63) is 35.5 Å². The third-order valence-corrected chi connectivity index (χ3v) is 5.22. The molecule has 0 saturated heterocycles. The van der Waals surface area contributed by atoms with E-state index in [1.807, 2.05) is 0 Å². The van der Waals surface area contributed by atoms with Gasteiger partial charge in [0.25, 0.3) is 10.0 Å². The van der Waals surface area contributed by atoms with E-state index in [4.69, 9.17) is 10.5 Å². The molecule has 0 aliphatic rings. The van der Waals surface area contributed by atoms with E-state index in [9.17, 15) is 8.42 Å². The molecule has 0 atom stereocenters. The van der Waals surface area contributed by atoms with E-state index in [0.717, 1.165) is 11.3 Å². The first kappa shape index (κ1) is 14.8. The van der Waals surface area contributed by atoms with Crippen molar-refractivity contribution < 1.29 is 13.2 Å². The van der Waals surface area contributed by atoms with E-state index < -0.39 is 10.0 Å². The number of thiazole rings is 1. The first-order valence-corrected chi connectivity index (χ1v) is 8.18. The second-order valence-corrected chi connectivity index (χ2v) is 7.25.